The van der Waals surface area contributed by atoms with Crippen LogP contribution in [0, 0.1) is 6.92 Å². The molecule has 0 amide bonds. The summed E-state index contributed by atoms with van der Waals surface area (Å²) < 4.78 is 0. The Kier molecular flexibility index (Phi) is 2.37. The third kappa shape index (κ3) is 1.61. The van der Waals surface area contributed by atoms with Gasteiger partial charge in [-0.25, -0.2) is 5.01 Å². The van der Waals surface area contributed by atoms with Crippen LogP contribution in [0.1, 0.15) is 5.56 Å². The van der Waals surface area contributed by atoms with E-state index in [1.54, 1.807) is 0 Å². The SMILES string of the molecule is Cc1ccc2ccccc2c1N1C=CCN1C. The van der Waals surface area contributed by atoms with Crippen LogP contribution >= 0.6 is 0 Å². The average Bonchev–Trinajstić information content (AvgIpc) is 2.75. The van der Waals surface area contributed by atoms with Crippen molar-refractivity contribution in [1.82, 2.24) is 5.01 Å². The predicted molar refractivity (Wildman–Crippen MR) is 72.9 cm³/mol. The molecule has 0 aliphatic carbocycles. The van der Waals surface area contributed by atoms with Crippen LogP contribution in [-0.4, -0.2) is 18.6 Å². The first kappa shape index (κ1) is 10.4. The van der Waals surface area contributed by atoms with Gasteiger partial charge in [0, 0.05) is 25.2 Å². The number of hydrogen-bond donors (Lipinski definition) is 0. The molecule has 0 saturated heterocycles. The lowest BCUT2D eigenvalue weighted by Gasteiger charge is -2.28. The smallest absolute Gasteiger partial charge is 0.0680 e. The molecule has 2 aromatic rings. The Hall–Kier alpha value is -1.80. The highest BCUT2D eigenvalue weighted by Crippen LogP contribution is 2.32. The van der Waals surface area contributed by atoms with Gasteiger partial charge >= 0.3 is 0 Å². The van der Waals surface area contributed by atoms with E-state index >= 15 is 0 Å². The minimum atomic E-state index is 0.975. The van der Waals surface area contributed by atoms with Crippen LogP contribution in [0.5, 0.6) is 0 Å². The highest BCUT2D eigenvalue weighted by molar-refractivity contribution is 5.96. The van der Waals surface area contributed by atoms with Crippen molar-refractivity contribution in [2.75, 3.05) is 18.6 Å². The molecule has 1 aliphatic heterocycles. The molecule has 2 aromatic carbocycles. The fourth-order valence-electron chi connectivity index (χ4n) is 2.41. The van der Waals surface area contributed by atoms with Crippen LogP contribution in [0.2, 0.25) is 0 Å². The summed E-state index contributed by atoms with van der Waals surface area (Å²) in [5.41, 5.74) is 2.60. The Balaban J connectivity index is 2.26. The Morgan fingerprint density at radius 1 is 1.06 bits per heavy atom. The molecule has 0 atom stereocenters. The van der Waals surface area contributed by atoms with Crippen LogP contribution in [0.15, 0.2) is 48.7 Å². The van der Waals surface area contributed by atoms with Gasteiger partial charge in [0.15, 0.2) is 0 Å². The van der Waals surface area contributed by atoms with Gasteiger partial charge in [-0.3, -0.25) is 5.01 Å². The lowest BCUT2D eigenvalue weighted by Crippen LogP contribution is -2.31. The summed E-state index contributed by atoms with van der Waals surface area (Å²) in [5.74, 6) is 0. The molecule has 2 heteroatoms. The molecule has 2 nitrogen and oxygen atoms in total. The molecular weight excluding hydrogens is 208 g/mol. The zero-order valence-electron chi connectivity index (χ0n) is 10.2. The van der Waals surface area contributed by atoms with Gasteiger partial charge in [0.25, 0.3) is 0 Å². The van der Waals surface area contributed by atoms with Gasteiger partial charge < -0.3 is 0 Å². The van der Waals surface area contributed by atoms with E-state index in [9.17, 15) is 0 Å². The zero-order chi connectivity index (χ0) is 11.8. The molecule has 0 saturated carbocycles. The number of likely N-dealkylation sites (N-methyl/N-ethyl adjacent to an activating group) is 1. The van der Waals surface area contributed by atoms with Crippen LogP contribution in [0.4, 0.5) is 5.69 Å². The summed E-state index contributed by atoms with van der Waals surface area (Å²) in [6.45, 7) is 3.14. The van der Waals surface area contributed by atoms with Gasteiger partial charge in [0.2, 0.25) is 0 Å². The molecule has 0 radical (unpaired) electrons. The first-order valence-electron chi connectivity index (χ1n) is 5.92. The van der Waals surface area contributed by atoms with Crippen LogP contribution in [-0.2, 0) is 0 Å². The average molecular weight is 224 g/mol. The van der Waals surface area contributed by atoms with E-state index in [1.165, 1.54) is 22.0 Å². The fourth-order valence-corrected chi connectivity index (χ4v) is 2.41. The van der Waals surface area contributed by atoms with Crippen LogP contribution in [0.3, 0.4) is 0 Å². The van der Waals surface area contributed by atoms with Crippen LogP contribution < -0.4 is 5.01 Å². The maximum absolute atomic E-state index is 2.23. The molecule has 17 heavy (non-hydrogen) atoms. The molecule has 0 N–H and O–H groups in total. The van der Waals surface area contributed by atoms with E-state index in [2.05, 4.69) is 72.7 Å². The third-order valence-corrected chi connectivity index (χ3v) is 3.32. The van der Waals surface area contributed by atoms with Crippen molar-refractivity contribution >= 4 is 16.5 Å². The lowest BCUT2D eigenvalue weighted by molar-refractivity contribution is 0.397. The highest BCUT2D eigenvalue weighted by atomic mass is 15.6. The minimum absolute atomic E-state index is 0.975. The zero-order valence-corrected chi connectivity index (χ0v) is 10.2. The third-order valence-electron chi connectivity index (χ3n) is 3.32. The summed E-state index contributed by atoms with van der Waals surface area (Å²) in [6.07, 6.45) is 4.33. The van der Waals surface area contributed by atoms with Crippen molar-refractivity contribution in [3.8, 4) is 0 Å². The van der Waals surface area contributed by atoms with Gasteiger partial charge in [-0.05, 0) is 17.9 Å². The van der Waals surface area contributed by atoms with Crippen molar-refractivity contribution in [1.29, 1.82) is 0 Å². The van der Waals surface area contributed by atoms with Gasteiger partial charge in [-0.1, -0.05) is 42.5 Å². The monoisotopic (exact) mass is 224 g/mol. The van der Waals surface area contributed by atoms with Crippen LogP contribution in [0.25, 0.3) is 10.8 Å². The number of nitrogens with zero attached hydrogens (tertiary/aromatic N) is 2. The number of benzene rings is 2. The van der Waals surface area contributed by atoms with E-state index in [-0.39, 0.29) is 0 Å². The summed E-state index contributed by atoms with van der Waals surface area (Å²) in [4.78, 5) is 0. The quantitative estimate of drug-likeness (QED) is 0.733. The van der Waals surface area contributed by atoms with Crippen molar-refractivity contribution in [2.45, 2.75) is 6.92 Å². The second-order valence-corrected chi connectivity index (χ2v) is 4.52. The Morgan fingerprint density at radius 3 is 2.65 bits per heavy atom. The summed E-state index contributed by atoms with van der Waals surface area (Å²) in [6, 6.07) is 12.9. The first-order valence-corrected chi connectivity index (χ1v) is 5.92. The molecule has 0 bridgehead atoms. The maximum atomic E-state index is 2.23. The molecule has 1 aliphatic rings. The van der Waals surface area contributed by atoms with Crippen molar-refractivity contribution in [2.24, 2.45) is 0 Å². The Bertz CT molecular complexity index is 586. The molecule has 1 heterocycles. The first-order chi connectivity index (χ1) is 8.27. The summed E-state index contributed by atoms with van der Waals surface area (Å²) in [7, 11) is 2.11. The van der Waals surface area contributed by atoms with Gasteiger partial charge in [0.05, 0.1) is 5.69 Å². The summed E-state index contributed by atoms with van der Waals surface area (Å²) >= 11 is 0. The van der Waals surface area contributed by atoms with Gasteiger partial charge in [-0.2, -0.15) is 0 Å². The number of aryl methyl sites for hydroxylation is 1. The van der Waals surface area contributed by atoms with Crippen molar-refractivity contribution < 1.29 is 0 Å². The highest BCUT2D eigenvalue weighted by Gasteiger charge is 2.17. The number of fused-ring (bicyclic) bond motifs is 1. The predicted octanol–water partition coefficient (Wildman–Crippen LogP) is 3.33. The maximum Gasteiger partial charge on any atom is 0.0680 e. The molecule has 86 valence electrons. The van der Waals surface area contributed by atoms with E-state index in [4.69, 9.17) is 0 Å². The van der Waals surface area contributed by atoms with Crippen molar-refractivity contribution in [3.05, 3.63) is 54.2 Å². The van der Waals surface area contributed by atoms with E-state index in [1.807, 2.05) is 0 Å². The number of anilines is 1. The molecule has 0 fully saturated rings. The number of hydrazine groups is 1. The topological polar surface area (TPSA) is 6.48 Å². The molecule has 3 rings (SSSR count). The van der Waals surface area contributed by atoms with E-state index < -0.39 is 0 Å². The normalized spacial score (nSPS) is 16.0. The van der Waals surface area contributed by atoms with Gasteiger partial charge in [0.1, 0.15) is 0 Å². The number of rotatable bonds is 1. The largest absolute Gasteiger partial charge is 0.281 e. The molecule has 0 aromatic heterocycles. The Morgan fingerprint density at radius 2 is 1.88 bits per heavy atom. The minimum Gasteiger partial charge on any atom is -0.281 e. The molecule has 0 unspecified atom stereocenters. The fraction of sp³-hybridized carbons (Fsp3) is 0.200. The van der Waals surface area contributed by atoms with Crippen molar-refractivity contribution in [3.63, 3.8) is 0 Å². The molecular formula is C15H16N2. The van der Waals surface area contributed by atoms with E-state index in [0.717, 1.165) is 6.54 Å². The second-order valence-electron chi connectivity index (χ2n) is 4.52. The second kappa shape index (κ2) is 3.90. The summed E-state index contributed by atoms with van der Waals surface area (Å²) in [5, 5.41) is 7.06. The number of hydrogen-bond acceptors (Lipinski definition) is 2. The van der Waals surface area contributed by atoms with E-state index in [0.29, 0.717) is 0 Å². The van der Waals surface area contributed by atoms with Gasteiger partial charge in [-0.15, -0.1) is 0 Å². The molecule has 0 spiro atoms. The standard InChI is InChI=1S/C15H16N2/c1-12-8-9-13-6-3-4-7-14(13)15(12)17-11-5-10-16(17)2/h3-9,11H,10H2,1-2H3. The lowest BCUT2D eigenvalue weighted by atomic mass is 10.0. The Labute approximate surface area is 102 Å².